The highest BCUT2D eigenvalue weighted by atomic mass is 16.5. The average Bonchev–Trinajstić information content (AvgIpc) is 3.26. The van der Waals surface area contributed by atoms with Gasteiger partial charge in [0.2, 0.25) is 0 Å². The molecule has 0 saturated carbocycles. The fraction of sp³-hybridized carbons (Fsp3) is 0.286. The van der Waals surface area contributed by atoms with E-state index in [2.05, 4.69) is 59.0 Å². The normalized spacial score (nSPS) is 18.3. The lowest BCUT2D eigenvalue weighted by molar-refractivity contribution is -0.00521. The molecule has 0 aliphatic carbocycles. The van der Waals surface area contributed by atoms with E-state index in [1.165, 1.54) is 5.69 Å². The Morgan fingerprint density at radius 2 is 1.62 bits per heavy atom. The predicted octanol–water partition coefficient (Wildman–Crippen LogP) is 5.21. The van der Waals surface area contributed by atoms with Gasteiger partial charge in [-0.3, -0.25) is 4.79 Å². The molecule has 0 spiro atoms. The van der Waals surface area contributed by atoms with Crippen molar-refractivity contribution in [3.05, 3.63) is 72.6 Å². The molecule has 2 aromatic carbocycles. The number of hydrogen-bond acceptors (Lipinski definition) is 4. The molecule has 0 unspecified atom stereocenters. The van der Waals surface area contributed by atoms with Crippen molar-refractivity contribution >= 4 is 22.6 Å². The SMILES string of the molecule is C[C@@H]1CN(c2ccc(-c3cnc4[nH]cc(-c5ccc(C(=O)N(C)C)cc5)c4c3)cc2)C[C@@H](C)O1. The fourth-order valence-electron chi connectivity index (χ4n) is 4.70. The molecule has 174 valence electrons. The van der Waals surface area contributed by atoms with Crippen LogP contribution in [-0.2, 0) is 4.74 Å². The highest BCUT2D eigenvalue weighted by Crippen LogP contribution is 2.32. The van der Waals surface area contributed by atoms with E-state index >= 15 is 0 Å². The quantitative estimate of drug-likeness (QED) is 0.460. The molecule has 34 heavy (non-hydrogen) atoms. The first-order valence-electron chi connectivity index (χ1n) is 11.7. The van der Waals surface area contributed by atoms with Crippen LogP contribution >= 0.6 is 0 Å². The highest BCUT2D eigenvalue weighted by molar-refractivity contribution is 5.98. The largest absolute Gasteiger partial charge is 0.372 e. The number of hydrogen-bond donors (Lipinski definition) is 1. The zero-order chi connectivity index (χ0) is 23.8. The van der Waals surface area contributed by atoms with Crippen LogP contribution in [0.4, 0.5) is 5.69 Å². The van der Waals surface area contributed by atoms with Crippen LogP contribution in [0, 0.1) is 0 Å². The van der Waals surface area contributed by atoms with Gasteiger partial charge in [0.05, 0.1) is 12.2 Å². The average molecular weight is 455 g/mol. The second-order valence-corrected chi connectivity index (χ2v) is 9.31. The number of anilines is 1. The summed E-state index contributed by atoms with van der Waals surface area (Å²) in [4.78, 5) is 24.1. The molecule has 1 saturated heterocycles. The van der Waals surface area contributed by atoms with Gasteiger partial charge >= 0.3 is 0 Å². The molecule has 2 aromatic heterocycles. The van der Waals surface area contributed by atoms with Crippen LogP contribution in [0.2, 0.25) is 0 Å². The Labute approximate surface area is 200 Å². The monoisotopic (exact) mass is 454 g/mol. The molecular formula is C28H30N4O2. The standard InChI is InChI=1S/C28H30N4O2/c1-18-16-32(17-19(2)34-18)24-11-9-20(10-12-24)23-13-25-26(15-30-27(25)29-14-23)21-5-7-22(8-6-21)28(33)31(3)4/h5-15,18-19H,16-17H2,1-4H3,(H,29,30)/t18-,19-/m1/s1. The summed E-state index contributed by atoms with van der Waals surface area (Å²) in [5.41, 5.74) is 7.06. The van der Waals surface area contributed by atoms with E-state index in [0.717, 1.165) is 46.4 Å². The van der Waals surface area contributed by atoms with Crippen LogP contribution in [-0.4, -0.2) is 60.2 Å². The lowest BCUT2D eigenvalue weighted by atomic mass is 10.0. The number of amides is 1. The number of pyridine rings is 1. The number of H-pyrrole nitrogens is 1. The number of carbonyl (C=O) groups is 1. The van der Waals surface area contributed by atoms with Crippen molar-refractivity contribution in [3.8, 4) is 22.3 Å². The first-order valence-corrected chi connectivity index (χ1v) is 11.7. The maximum atomic E-state index is 12.2. The number of carbonyl (C=O) groups excluding carboxylic acids is 1. The number of morpholine rings is 1. The minimum atomic E-state index is -0.00105. The maximum Gasteiger partial charge on any atom is 0.253 e. The van der Waals surface area contributed by atoms with E-state index in [1.54, 1.807) is 19.0 Å². The molecule has 0 bridgehead atoms. The molecule has 3 heterocycles. The number of rotatable bonds is 4. The molecular weight excluding hydrogens is 424 g/mol. The van der Waals surface area contributed by atoms with Crippen molar-refractivity contribution < 1.29 is 9.53 Å². The van der Waals surface area contributed by atoms with Gasteiger partial charge in [0.25, 0.3) is 5.91 Å². The van der Waals surface area contributed by atoms with Crippen LogP contribution in [0.5, 0.6) is 0 Å². The third-order valence-electron chi connectivity index (χ3n) is 6.37. The van der Waals surface area contributed by atoms with Crippen molar-refractivity contribution in [1.82, 2.24) is 14.9 Å². The van der Waals surface area contributed by atoms with Gasteiger partial charge in [0, 0.05) is 67.3 Å². The van der Waals surface area contributed by atoms with Crippen LogP contribution < -0.4 is 4.90 Å². The zero-order valence-electron chi connectivity index (χ0n) is 20.1. The van der Waals surface area contributed by atoms with Gasteiger partial charge in [-0.2, -0.15) is 0 Å². The molecule has 1 aliphatic heterocycles. The number of benzene rings is 2. The summed E-state index contributed by atoms with van der Waals surface area (Å²) >= 11 is 0. The van der Waals surface area contributed by atoms with Gasteiger partial charge in [0.15, 0.2) is 0 Å². The first-order chi connectivity index (χ1) is 16.4. The van der Waals surface area contributed by atoms with Gasteiger partial charge in [-0.05, 0) is 55.3 Å². The Hall–Kier alpha value is -3.64. The number of nitrogens with one attached hydrogen (secondary N) is 1. The van der Waals surface area contributed by atoms with Gasteiger partial charge in [-0.1, -0.05) is 24.3 Å². The van der Waals surface area contributed by atoms with Gasteiger partial charge in [-0.25, -0.2) is 4.98 Å². The predicted molar refractivity (Wildman–Crippen MR) is 137 cm³/mol. The molecule has 1 N–H and O–H groups in total. The Balaban J connectivity index is 1.42. The Morgan fingerprint density at radius 3 is 2.26 bits per heavy atom. The molecule has 4 aromatic rings. The molecule has 6 nitrogen and oxygen atoms in total. The van der Waals surface area contributed by atoms with Crippen molar-refractivity contribution in [3.63, 3.8) is 0 Å². The summed E-state index contributed by atoms with van der Waals surface area (Å²) < 4.78 is 5.87. The summed E-state index contributed by atoms with van der Waals surface area (Å²) in [6, 6.07) is 18.6. The minimum Gasteiger partial charge on any atom is -0.372 e. The minimum absolute atomic E-state index is 0.00105. The van der Waals surface area contributed by atoms with Crippen molar-refractivity contribution in [2.45, 2.75) is 26.1 Å². The van der Waals surface area contributed by atoms with Crippen LogP contribution in [0.25, 0.3) is 33.3 Å². The third-order valence-corrected chi connectivity index (χ3v) is 6.37. The second kappa shape index (κ2) is 8.95. The first kappa shape index (κ1) is 22.2. The van der Waals surface area contributed by atoms with Crippen molar-refractivity contribution in [2.75, 3.05) is 32.1 Å². The number of nitrogens with zero attached hydrogens (tertiary/aromatic N) is 3. The fourth-order valence-corrected chi connectivity index (χ4v) is 4.70. The molecule has 1 fully saturated rings. The summed E-state index contributed by atoms with van der Waals surface area (Å²) in [6.45, 7) is 6.06. The molecule has 6 heteroatoms. The number of ether oxygens (including phenoxy) is 1. The third kappa shape index (κ3) is 4.29. The summed E-state index contributed by atoms with van der Waals surface area (Å²) in [5.74, 6) is -0.00105. The topological polar surface area (TPSA) is 61.5 Å². The Bertz CT molecular complexity index is 1300. The smallest absolute Gasteiger partial charge is 0.253 e. The summed E-state index contributed by atoms with van der Waals surface area (Å²) in [7, 11) is 3.52. The van der Waals surface area contributed by atoms with E-state index in [9.17, 15) is 4.79 Å². The van der Waals surface area contributed by atoms with E-state index in [4.69, 9.17) is 4.74 Å². The number of fused-ring (bicyclic) bond motifs is 1. The molecule has 1 aliphatic rings. The summed E-state index contributed by atoms with van der Waals surface area (Å²) in [6.07, 6.45) is 4.36. The van der Waals surface area contributed by atoms with E-state index in [0.29, 0.717) is 5.56 Å². The van der Waals surface area contributed by atoms with Crippen LogP contribution in [0.15, 0.2) is 67.0 Å². The highest BCUT2D eigenvalue weighted by Gasteiger charge is 2.22. The van der Waals surface area contributed by atoms with Crippen molar-refractivity contribution in [1.29, 1.82) is 0 Å². The number of aromatic amines is 1. The number of aromatic nitrogens is 2. The van der Waals surface area contributed by atoms with Crippen LogP contribution in [0.1, 0.15) is 24.2 Å². The lowest BCUT2D eigenvalue weighted by Crippen LogP contribution is -2.45. The van der Waals surface area contributed by atoms with Gasteiger partial charge in [0.1, 0.15) is 5.65 Å². The van der Waals surface area contributed by atoms with Gasteiger partial charge < -0.3 is 19.5 Å². The van der Waals surface area contributed by atoms with E-state index in [-0.39, 0.29) is 18.1 Å². The zero-order valence-corrected chi connectivity index (χ0v) is 20.1. The molecule has 1 amide bonds. The molecule has 2 atom stereocenters. The lowest BCUT2D eigenvalue weighted by Gasteiger charge is -2.36. The van der Waals surface area contributed by atoms with Crippen LogP contribution in [0.3, 0.4) is 0 Å². The maximum absolute atomic E-state index is 12.2. The van der Waals surface area contributed by atoms with E-state index in [1.807, 2.05) is 36.7 Å². The molecule has 5 rings (SSSR count). The summed E-state index contributed by atoms with van der Waals surface area (Å²) in [5, 5.41) is 1.06. The van der Waals surface area contributed by atoms with Crippen molar-refractivity contribution in [2.24, 2.45) is 0 Å². The Kier molecular flexibility index (Phi) is 5.84. The van der Waals surface area contributed by atoms with Gasteiger partial charge in [-0.15, -0.1) is 0 Å². The Morgan fingerprint density at radius 1 is 0.971 bits per heavy atom. The molecule has 0 radical (unpaired) electrons. The van der Waals surface area contributed by atoms with E-state index < -0.39 is 0 Å². The second-order valence-electron chi connectivity index (χ2n) is 9.31.